The van der Waals surface area contributed by atoms with Crippen LogP contribution in [0.4, 0.5) is 10.5 Å². The molecule has 0 aromatic heterocycles. The predicted octanol–water partition coefficient (Wildman–Crippen LogP) is 2.16. The Hall–Kier alpha value is -2.17. The Labute approximate surface area is 118 Å². The monoisotopic (exact) mass is 274 g/mol. The van der Waals surface area contributed by atoms with Gasteiger partial charge in [0.25, 0.3) is 0 Å². The first-order valence-corrected chi connectivity index (χ1v) is 6.59. The molecule has 1 atom stereocenters. The Morgan fingerprint density at radius 1 is 1.10 bits per heavy atom. The average molecular weight is 274 g/mol. The van der Waals surface area contributed by atoms with Gasteiger partial charge in [0.1, 0.15) is 5.92 Å². The normalized spacial score (nSPS) is 19.6. The van der Waals surface area contributed by atoms with E-state index in [0.717, 1.165) is 16.0 Å². The van der Waals surface area contributed by atoms with E-state index >= 15 is 0 Å². The largest absolute Gasteiger partial charge is 0.335 e. The van der Waals surface area contributed by atoms with E-state index in [2.05, 4.69) is 5.32 Å². The number of aryl methyl sites for hydroxylation is 2. The number of hydrogen-bond donors (Lipinski definition) is 1. The maximum Gasteiger partial charge on any atom is 0.335 e. The van der Waals surface area contributed by atoms with Crippen LogP contribution in [-0.4, -0.2) is 17.8 Å². The second kappa shape index (κ2) is 5.07. The molecule has 2 rings (SSSR count). The number of urea groups is 1. The van der Waals surface area contributed by atoms with Crippen LogP contribution >= 0.6 is 0 Å². The molecule has 0 bridgehead atoms. The third-order valence-corrected chi connectivity index (χ3v) is 3.62. The van der Waals surface area contributed by atoms with Gasteiger partial charge in [-0.3, -0.25) is 14.9 Å². The van der Waals surface area contributed by atoms with Crippen LogP contribution in [0.15, 0.2) is 18.2 Å². The summed E-state index contributed by atoms with van der Waals surface area (Å²) in [5.41, 5.74) is 2.56. The topological polar surface area (TPSA) is 66.5 Å². The second-order valence-electron chi connectivity index (χ2n) is 5.46. The van der Waals surface area contributed by atoms with Gasteiger partial charge in [-0.05, 0) is 43.0 Å². The predicted molar refractivity (Wildman–Crippen MR) is 75.3 cm³/mol. The van der Waals surface area contributed by atoms with Crippen LogP contribution in [0.3, 0.4) is 0 Å². The number of nitrogens with zero attached hydrogens (tertiary/aromatic N) is 1. The smallest absolute Gasteiger partial charge is 0.277 e. The summed E-state index contributed by atoms with van der Waals surface area (Å²) in [6, 6.07) is 4.67. The van der Waals surface area contributed by atoms with Crippen molar-refractivity contribution in [2.75, 3.05) is 4.90 Å². The molecule has 0 radical (unpaired) electrons. The van der Waals surface area contributed by atoms with Crippen molar-refractivity contribution in [2.45, 2.75) is 27.7 Å². The van der Waals surface area contributed by atoms with Crippen molar-refractivity contribution >= 4 is 23.5 Å². The van der Waals surface area contributed by atoms with Crippen molar-refractivity contribution < 1.29 is 14.4 Å². The molecule has 1 N–H and O–H groups in total. The van der Waals surface area contributed by atoms with E-state index in [4.69, 9.17) is 0 Å². The Morgan fingerprint density at radius 3 is 2.30 bits per heavy atom. The molecule has 1 fully saturated rings. The maximum atomic E-state index is 12.4. The second-order valence-corrected chi connectivity index (χ2v) is 5.46. The molecule has 1 aliphatic heterocycles. The Kier molecular flexibility index (Phi) is 3.61. The molecule has 0 saturated carbocycles. The highest BCUT2D eigenvalue weighted by molar-refractivity contribution is 6.27. The fraction of sp³-hybridized carbons (Fsp3) is 0.400. The van der Waals surface area contributed by atoms with Crippen molar-refractivity contribution in [2.24, 2.45) is 11.8 Å². The highest BCUT2D eigenvalue weighted by Crippen LogP contribution is 2.26. The highest BCUT2D eigenvalue weighted by Gasteiger charge is 2.42. The number of rotatable bonds is 2. The molecule has 1 saturated heterocycles. The van der Waals surface area contributed by atoms with Gasteiger partial charge in [0.05, 0.1) is 5.69 Å². The number of imide groups is 2. The van der Waals surface area contributed by atoms with Crippen LogP contribution < -0.4 is 10.2 Å². The summed E-state index contributed by atoms with van der Waals surface area (Å²) in [6.07, 6.45) is 0. The highest BCUT2D eigenvalue weighted by atomic mass is 16.2. The molecule has 1 aliphatic rings. The molecule has 0 aliphatic carbocycles. The molecular formula is C15H18N2O3. The van der Waals surface area contributed by atoms with Crippen molar-refractivity contribution in [3.8, 4) is 0 Å². The van der Waals surface area contributed by atoms with Crippen LogP contribution in [0, 0.1) is 25.7 Å². The summed E-state index contributed by atoms with van der Waals surface area (Å²) in [5.74, 6) is -1.97. The SMILES string of the molecule is Cc1ccc(N2C(=O)NC(=O)C(C(C)C)C2=O)cc1C. The van der Waals surface area contributed by atoms with Gasteiger partial charge in [-0.15, -0.1) is 0 Å². The third kappa shape index (κ3) is 2.31. The van der Waals surface area contributed by atoms with E-state index < -0.39 is 23.8 Å². The number of carbonyl (C=O) groups is 3. The fourth-order valence-corrected chi connectivity index (χ4v) is 2.29. The van der Waals surface area contributed by atoms with Gasteiger partial charge < -0.3 is 0 Å². The van der Waals surface area contributed by atoms with Gasteiger partial charge in [-0.25, -0.2) is 9.69 Å². The summed E-state index contributed by atoms with van der Waals surface area (Å²) in [7, 11) is 0. The lowest BCUT2D eigenvalue weighted by Crippen LogP contribution is -2.59. The fourth-order valence-electron chi connectivity index (χ4n) is 2.29. The van der Waals surface area contributed by atoms with Gasteiger partial charge in [-0.2, -0.15) is 0 Å². The van der Waals surface area contributed by atoms with Crippen LogP contribution in [-0.2, 0) is 9.59 Å². The zero-order valence-electron chi connectivity index (χ0n) is 12.1. The lowest BCUT2D eigenvalue weighted by Gasteiger charge is -2.32. The summed E-state index contributed by atoms with van der Waals surface area (Å²) in [6.45, 7) is 7.45. The number of benzene rings is 1. The zero-order valence-corrected chi connectivity index (χ0v) is 12.1. The summed E-state index contributed by atoms with van der Waals surface area (Å²) < 4.78 is 0. The molecule has 5 nitrogen and oxygen atoms in total. The number of carbonyl (C=O) groups excluding carboxylic acids is 3. The molecular weight excluding hydrogens is 256 g/mol. The standard InChI is InChI=1S/C15H18N2O3/c1-8(2)12-13(18)16-15(20)17(14(12)19)11-6-5-9(3)10(4)7-11/h5-8,12H,1-4H3,(H,16,18,20). The number of amides is 4. The Morgan fingerprint density at radius 2 is 1.75 bits per heavy atom. The van der Waals surface area contributed by atoms with E-state index in [-0.39, 0.29) is 5.92 Å². The Bertz CT molecular complexity index is 593. The first-order chi connectivity index (χ1) is 9.32. The first kappa shape index (κ1) is 14.2. The van der Waals surface area contributed by atoms with Crippen LogP contribution in [0.25, 0.3) is 0 Å². The van der Waals surface area contributed by atoms with E-state index in [0.29, 0.717) is 5.69 Å². The Balaban J connectivity index is 2.43. The molecule has 0 spiro atoms. The third-order valence-electron chi connectivity index (χ3n) is 3.62. The lowest BCUT2D eigenvalue weighted by molar-refractivity contribution is -0.136. The molecule has 20 heavy (non-hydrogen) atoms. The summed E-state index contributed by atoms with van der Waals surface area (Å²) >= 11 is 0. The minimum atomic E-state index is -0.825. The van der Waals surface area contributed by atoms with Gasteiger partial charge in [0, 0.05) is 0 Å². The molecule has 1 unspecified atom stereocenters. The quantitative estimate of drug-likeness (QED) is 0.840. The molecule has 5 heteroatoms. The molecule has 4 amide bonds. The van der Waals surface area contributed by atoms with Crippen LogP contribution in [0.2, 0.25) is 0 Å². The van der Waals surface area contributed by atoms with E-state index in [1.165, 1.54) is 0 Å². The number of anilines is 1. The summed E-state index contributed by atoms with van der Waals surface area (Å²) in [4.78, 5) is 37.2. The number of barbiturate groups is 1. The molecule has 106 valence electrons. The summed E-state index contributed by atoms with van der Waals surface area (Å²) in [5, 5.41) is 2.25. The van der Waals surface area contributed by atoms with Crippen LogP contribution in [0.5, 0.6) is 0 Å². The van der Waals surface area contributed by atoms with E-state index in [1.54, 1.807) is 26.0 Å². The minimum absolute atomic E-state index is 0.162. The van der Waals surface area contributed by atoms with Crippen molar-refractivity contribution in [1.29, 1.82) is 0 Å². The van der Waals surface area contributed by atoms with Crippen molar-refractivity contribution in [3.63, 3.8) is 0 Å². The first-order valence-electron chi connectivity index (χ1n) is 6.59. The van der Waals surface area contributed by atoms with E-state index in [9.17, 15) is 14.4 Å². The van der Waals surface area contributed by atoms with Crippen molar-refractivity contribution in [1.82, 2.24) is 5.32 Å². The molecule has 1 heterocycles. The number of hydrogen-bond acceptors (Lipinski definition) is 3. The van der Waals surface area contributed by atoms with E-state index in [1.807, 2.05) is 19.9 Å². The number of nitrogens with one attached hydrogen (secondary N) is 1. The van der Waals surface area contributed by atoms with Gasteiger partial charge >= 0.3 is 6.03 Å². The molecule has 1 aromatic carbocycles. The maximum absolute atomic E-state index is 12.4. The van der Waals surface area contributed by atoms with Gasteiger partial charge in [0.2, 0.25) is 11.8 Å². The average Bonchev–Trinajstić information content (AvgIpc) is 2.32. The van der Waals surface area contributed by atoms with Gasteiger partial charge in [0.15, 0.2) is 0 Å². The van der Waals surface area contributed by atoms with Crippen LogP contribution in [0.1, 0.15) is 25.0 Å². The van der Waals surface area contributed by atoms with Crippen molar-refractivity contribution in [3.05, 3.63) is 29.3 Å². The zero-order chi connectivity index (χ0) is 15.0. The molecule has 1 aromatic rings. The lowest BCUT2D eigenvalue weighted by atomic mass is 9.91. The minimum Gasteiger partial charge on any atom is -0.277 e. The van der Waals surface area contributed by atoms with Gasteiger partial charge in [-0.1, -0.05) is 19.9 Å².